The Balaban J connectivity index is 1.51. The molecule has 0 unspecified atom stereocenters. The summed E-state index contributed by atoms with van der Waals surface area (Å²) in [4.78, 5) is 20.3. The van der Waals surface area contributed by atoms with Gasteiger partial charge < -0.3 is 10.2 Å². The van der Waals surface area contributed by atoms with Crippen LogP contribution in [0.5, 0.6) is 0 Å². The van der Waals surface area contributed by atoms with E-state index in [-0.39, 0.29) is 18.1 Å². The highest BCUT2D eigenvalue weighted by molar-refractivity contribution is 5.94. The average molecular weight is 500 g/mol. The van der Waals surface area contributed by atoms with Gasteiger partial charge in [0.05, 0.1) is 12.1 Å². The Hall–Kier alpha value is -4.14. The van der Waals surface area contributed by atoms with Gasteiger partial charge in [0.2, 0.25) is 5.91 Å². The molecular formula is C28H30FN7O. The molecule has 2 heterocycles. The number of anilines is 2. The molecular weight excluding hydrogens is 469 g/mol. The van der Waals surface area contributed by atoms with Crippen LogP contribution in [0.25, 0.3) is 22.6 Å². The van der Waals surface area contributed by atoms with Crippen molar-refractivity contribution >= 4 is 17.4 Å². The second-order valence-corrected chi connectivity index (χ2v) is 9.60. The number of benzene rings is 2. The zero-order valence-corrected chi connectivity index (χ0v) is 21.0. The van der Waals surface area contributed by atoms with E-state index in [0.717, 1.165) is 42.0 Å². The van der Waals surface area contributed by atoms with E-state index >= 15 is 0 Å². The third kappa shape index (κ3) is 5.99. The lowest BCUT2D eigenvalue weighted by Crippen LogP contribution is -2.28. The number of nitrogens with zero attached hydrogens (tertiary/aromatic N) is 5. The molecule has 0 atom stereocenters. The molecule has 0 spiro atoms. The normalized spacial score (nSPS) is 12.9. The molecule has 4 aromatic rings. The number of pyridine rings is 1. The first-order valence-electron chi connectivity index (χ1n) is 12.7. The molecule has 0 bridgehead atoms. The van der Waals surface area contributed by atoms with E-state index in [0.29, 0.717) is 28.7 Å². The molecule has 0 aliphatic heterocycles. The average Bonchev–Trinajstić information content (AvgIpc) is 3.54. The SMILES string of the molecule is CCCN(CC1CC1)c1cc(NC(=O)Cc2ccc(C)cc2F)cc(-c2ccccc2-c2nnn[nH]2)n1. The molecule has 2 aromatic heterocycles. The first-order valence-corrected chi connectivity index (χ1v) is 12.7. The van der Waals surface area contributed by atoms with Gasteiger partial charge in [0.1, 0.15) is 11.6 Å². The smallest absolute Gasteiger partial charge is 0.228 e. The van der Waals surface area contributed by atoms with Crippen molar-refractivity contribution < 1.29 is 9.18 Å². The summed E-state index contributed by atoms with van der Waals surface area (Å²) in [5.74, 6) is 1.34. The van der Waals surface area contributed by atoms with Crippen LogP contribution in [0, 0.1) is 18.7 Å². The van der Waals surface area contributed by atoms with Crippen LogP contribution in [0.3, 0.4) is 0 Å². The molecule has 2 aromatic carbocycles. The number of carbonyl (C=O) groups excluding carboxylic acids is 1. The summed E-state index contributed by atoms with van der Waals surface area (Å²) in [5, 5.41) is 17.3. The standard InChI is InChI=1S/C28H30FN7O/c1-3-12-36(17-19-9-10-19)26-16-21(30-27(37)14-20-11-8-18(2)13-24(20)29)15-25(31-26)22-6-4-5-7-23(22)28-32-34-35-33-28/h4-8,11,13,15-16,19H,3,9-10,12,14,17H2,1-2H3,(H,30,31,37)(H,32,33,34,35). The van der Waals surface area contributed by atoms with Gasteiger partial charge in [0, 0.05) is 36.0 Å². The van der Waals surface area contributed by atoms with E-state index in [1.54, 1.807) is 6.07 Å². The number of aryl methyl sites for hydroxylation is 1. The van der Waals surface area contributed by atoms with Crippen molar-refractivity contribution in [2.75, 3.05) is 23.3 Å². The van der Waals surface area contributed by atoms with Crippen molar-refractivity contribution in [2.45, 2.75) is 39.5 Å². The van der Waals surface area contributed by atoms with Gasteiger partial charge in [-0.2, -0.15) is 0 Å². The van der Waals surface area contributed by atoms with Gasteiger partial charge in [-0.05, 0) is 65.8 Å². The maximum absolute atomic E-state index is 14.4. The van der Waals surface area contributed by atoms with Crippen molar-refractivity contribution in [3.63, 3.8) is 0 Å². The van der Waals surface area contributed by atoms with Gasteiger partial charge in [0.25, 0.3) is 0 Å². The van der Waals surface area contributed by atoms with Crippen molar-refractivity contribution in [3.05, 3.63) is 71.5 Å². The molecule has 0 saturated heterocycles. The number of hydrogen-bond donors (Lipinski definition) is 2. The highest BCUT2D eigenvalue weighted by Gasteiger charge is 2.25. The van der Waals surface area contributed by atoms with Crippen molar-refractivity contribution in [3.8, 4) is 22.6 Å². The number of nitrogens with one attached hydrogen (secondary N) is 2. The predicted molar refractivity (Wildman–Crippen MR) is 142 cm³/mol. The fourth-order valence-electron chi connectivity index (χ4n) is 4.43. The van der Waals surface area contributed by atoms with Crippen LogP contribution in [0.4, 0.5) is 15.9 Å². The van der Waals surface area contributed by atoms with E-state index in [1.807, 2.05) is 49.4 Å². The van der Waals surface area contributed by atoms with Crippen LogP contribution in [0.15, 0.2) is 54.6 Å². The first kappa shape index (κ1) is 24.5. The summed E-state index contributed by atoms with van der Waals surface area (Å²) < 4.78 is 14.4. The molecule has 8 nitrogen and oxygen atoms in total. The van der Waals surface area contributed by atoms with E-state index in [2.05, 4.69) is 37.8 Å². The fourth-order valence-corrected chi connectivity index (χ4v) is 4.43. The summed E-state index contributed by atoms with van der Waals surface area (Å²) in [6.07, 6.45) is 3.38. The number of amides is 1. The quantitative estimate of drug-likeness (QED) is 0.312. The van der Waals surface area contributed by atoms with Gasteiger partial charge in [-0.25, -0.2) is 14.5 Å². The zero-order chi connectivity index (χ0) is 25.8. The van der Waals surface area contributed by atoms with E-state index in [9.17, 15) is 9.18 Å². The highest BCUT2D eigenvalue weighted by atomic mass is 19.1. The van der Waals surface area contributed by atoms with Crippen molar-refractivity contribution in [2.24, 2.45) is 5.92 Å². The predicted octanol–water partition coefficient (Wildman–Crippen LogP) is 5.18. The van der Waals surface area contributed by atoms with Crippen LogP contribution in [0.1, 0.15) is 37.3 Å². The molecule has 1 aliphatic rings. The van der Waals surface area contributed by atoms with Gasteiger partial charge >= 0.3 is 0 Å². The van der Waals surface area contributed by atoms with Crippen molar-refractivity contribution in [1.29, 1.82) is 0 Å². The zero-order valence-electron chi connectivity index (χ0n) is 21.0. The minimum atomic E-state index is -0.376. The maximum Gasteiger partial charge on any atom is 0.228 e. The number of H-pyrrole nitrogens is 1. The Kier molecular flexibility index (Phi) is 7.20. The molecule has 37 heavy (non-hydrogen) atoms. The Bertz CT molecular complexity index is 1390. The lowest BCUT2D eigenvalue weighted by Gasteiger charge is -2.25. The number of rotatable bonds is 10. The molecule has 1 saturated carbocycles. The Morgan fingerprint density at radius 1 is 1.14 bits per heavy atom. The minimum Gasteiger partial charge on any atom is -0.356 e. The molecule has 5 rings (SSSR count). The summed E-state index contributed by atoms with van der Waals surface area (Å²) in [6.45, 7) is 5.76. The van der Waals surface area contributed by atoms with E-state index in [4.69, 9.17) is 4.98 Å². The third-order valence-electron chi connectivity index (χ3n) is 6.45. The van der Waals surface area contributed by atoms with Crippen molar-refractivity contribution in [1.82, 2.24) is 25.6 Å². The monoisotopic (exact) mass is 499 g/mol. The van der Waals surface area contributed by atoms with E-state index < -0.39 is 0 Å². The largest absolute Gasteiger partial charge is 0.356 e. The fraction of sp³-hybridized carbons (Fsp3) is 0.321. The molecule has 190 valence electrons. The Labute approximate surface area is 215 Å². The molecule has 1 aliphatic carbocycles. The molecule has 1 fully saturated rings. The van der Waals surface area contributed by atoms with Gasteiger partial charge in [-0.15, -0.1) is 5.10 Å². The lowest BCUT2D eigenvalue weighted by atomic mass is 10.0. The number of carbonyl (C=O) groups is 1. The number of tetrazole rings is 1. The van der Waals surface area contributed by atoms with Gasteiger partial charge in [-0.3, -0.25) is 4.79 Å². The lowest BCUT2D eigenvalue weighted by molar-refractivity contribution is -0.115. The van der Waals surface area contributed by atoms with Crippen LogP contribution in [-0.4, -0.2) is 44.6 Å². The maximum atomic E-state index is 14.4. The van der Waals surface area contributed by atoms with Crippen LogP contribution in [0.2, 0.25) is 0 Å². The number of aromatic amines is 1. The minimum absolute atomic E-state index is 0.0554. The van der Waals surface area contributed by atoms with Crippen LogP contribution < -0.4 is 10.2 Å². The summed E-state index contributed by atoms with van der Waals surface area (Å²) >= 11 is 0. The Morgan fingerprint density at radius 2 is 1.95 bits per heavy atom. The molecule has 2 N–H and O–H groups in total. The highest BCUT2D eigenvalue weighted by Crippen LogP contribution is 2.35. The van der Waals surface area contributed by atoms with Gasteiger partial charge in [-0.1, -0.05) is 43.3 Å². The second-order valence-electron chi connectivity index (χ2n) is 9.60. The second kappa shape index (κ2) is 10.9. The third-order valence-corrected chi connectivity index (χ3v) is 6.45. The molecule has 1 amide bonds. The summed E-state index contributed by atoms with van der Waals surface area (Å²) in [5.41, 5.74) is 4.13. The summed E-state index contributed by atoms with van der Waals surface area (Å²) in [7, 11) is 0. The first-order chi connectivity index (χ1) is 18.0. The van der Waals surface area contributed by atoms with Crippen LogP contribution in [-0.2, 0) is 11.2 Å². The molecule has 0 radical (unpaired) electrons. The summed E-state index contributed by atoms with van der Waals surface area (Å²) in [6, 6.07) is 16.4. The topological polar surface area (TPSA) is 99.7 Å². The number of aromatic nitrogens is 5. The van der Waals surface area contributed by atoms with Gasteiger partial charge in [0.15, 0.2) is 5.82 Å². The Morgan fingerprint density at radius 3 is 2.65 bits per heavy atom. The number of halogens is 1. The van der Waals surface area contributed by atoms with E-state index in [1.165, 1.54) is 18.9 Å². The number of hydrogen-bond acceptors (Lipinski definition) is 6. The molecule has 9 heteroatoms. The van der Waals surface area contributed by atoms with Crippen LogP contribution >= 0.6 is 0 Å².